The van der Waals surface area contributed by atoms with Gasteiger partial charge in [-0.1, -0.05) is 0 Å². The summed E-state index contributed by atoms with van der Waals surface area (Å²) in [7, 11) is 3.01. The number of hydrogen-bond acceptors (Lipinski definition) is 5. The van der Waals surface area contributed by atoms with Crippen molar-refractivity contribution in [3.63, 3.8) is 0 Å². The van der Waals surface area contributed by atoms with E-state index >= 15 is 0 Å². The fourth-order valence-corrected chi connectivity index (χ4v) is 1.54. The lowest BCUT2D eigenvalue weighted by Crippen LogP contribution is -2.34. The number of amides is 1. The first-order valence-corrected chi connectivity index (χ1v) is 5.96. The molecule has 1 N–H and O–H groups in total. The van der Waals surface area contributed by atoms with E-state index in [1.807, 2.05) is 0 Å². The molecule has 7 heteroatoms. The first-order valence-electron chi connectivity index (χ1n) is 5.96. The summed E-state index contributed by atoms with van der Waals surface area (Å²) < 4.78 is 11.1. The van der Waals surface area contributed by atoms with Crippen LogP contribution in [0.1, 0.15) is 12.1 Å². The molecule has 1 heterocycles. The van der Waals surface area contributed by atoms with Crippen molar-refractivity contribution in [2.24, 2.45) is 0 Å². The summed E-state index contributed by atoms with van der Waals surface area (Å²) in [5.74, 6) is -0.262. The minimum atomic E-state index is -0.309. The average molecular weight is 269 g/mol. The number of rotatable bonds is 7. The lowest BCUT2D eigenvalue weighted by atomic mass is 10.4. The molecular formula is C12H19N3O4. The average Bonchev–Trinajstić information content (AvgIpc) is 2.37. The van der Waals surface area contributed by atoms with E-state index in [4.69, 9.17) is 9.47 Å². The van der Waals surface area contributed by atoms with Gasteiger partial charge in [-0.25, -0.2) is 4.98 Å². The lowest BCUT2D eigenvalue weighted by Gasteiger charge is -2.11. The van der Waals surface area contributed by atoms with E-state index in [0.717, 1.165) is 6.42 Å². The Morgan fingerprint density at radius 2 is 2.21 bits per heavy atom. The van der Waals surface area contributed by atoms with Crippen LogP contribution in [0.5, 0.6) is 6.01 Å². The molecule has 7 nitrogen and oxygen atoms in total. The molecule has 1 aromatic heterocycles. The molecule has 0 radical (unpaired) electrons. The SMILES string of the molecule is COCCCNC(=O)Cn1c(OC)nc(C)cc1=O. The van der Waals surface area contributed by atoms with Crippen LogP contribution in [-0.2, 0) is 16.1 Å². The van der Waals surface area contributed by atoms with Crippen LogP contribution in [0.15, 0.2) is 10.9 Å². The fraction of sp³-hybridized carbons (Fsp3) is 0.583. The summed E-state index contributed by atoms with van der Waals surface area (Å²) in [5, 5.41) is 2.70. The molecule has 19 heavy (non-hydrogen) atoms. The van der Waals surface area contributed by atoms with Gasteiger partial charge in [-0.15, -0.1) is 0 Å². The topological polar surface area (TPSA) is 82.4 Å². The quantitative estimate of drug-likeness (QED) is 0.688. The number of methoxy groups -OCH3 is 2. The summed E-state index contributed by atoms with van der Waals surface area (Å²) in [4.78, 5) is 27.5. The van der Waals surface area contributed by atoms with Crippen LogP contribution in [0.25, 0.3) is 0 Å². The standard InChI is InChI=1S/C12H19N3O4/c1-9-7-11(17)15(12(14-9)19-3)8-10(16)13-5-4-6-18-2/h7H,4-6,8H2,1-3H3,(H,13,16). The lowest BCUT2D eigenvalue weighted by molar-refractivity contribution is -0.121. The number of hydrogen-bond donors (Lipinski definition) is 1. The third-order valence-corrected chi connectivity index (χ3v) is 2.43. The third kappa shape index (κ3) is 4.70. The second kappa shape index (κ2) is 7.52. The van der Waals surface area contributed by atoms with Gasteiger partial charge in [-0.2, -0.15) is 0 Å². The van der Waals surface area contributed by atoms with Gasteiger partial charge in [0.1, 0.15) is 6.54 Å². The van der Waals surface area contributed by atoms with E-state index in [1.54, 1.807) is 14.0 Å². The molecule has 0 unspecified atom stereocenters. The Morgan fingerprint density at radius 3 is 2.84 bits per heavy atom. The molecule has 1 amide bonds. The molecule has 0 fully saturated rings. The Hall–Kier alpha value is -1.89. The van der Waals surface area contributed by atoms with Crippen LogP contribution in [0.4, 0.5) is 0 Å². The van der Waals surface area contributed by atoms with Crippen LogP contribution in [0.2, 0.25) is 0 Å². The summed E-state index contributed by atoms with van der Waals surface area (Å²) in [6.45, 7) is 2.67. The maximum Gasteiger partial charge on any atom is 0.299 e. The number of nitrogens with one attached hydrogen (secondary N) is 1. The van der Waals surface area contributed by atoms with Gasteiger partial charge >= 0.3 is 0 Å². The number of carbonyl (C=O) groups excluding carboxylic acids is 1. The van der Waals surface area contributed by atoms with Gasteiger partial charge in [0.25, 0.3) is 11.6 Å². The van der Waals surface area contributed by atoms with Gasteiger partial charge in [0.05, 0.1) is 7.11 Å². The van der Waals surface area contributed by atoms with Gasteiger partial charge in [-0.3, -0.25) is 14.2 Å². The van der Waals surface area contributed by atoms with E-state index in [-0.39, 0.29) is 24.0 Å². The smallest absolute Gasteiger partial charge is 0.299 e. The Morgan fingerprint density at radius 1 is 1.47 bits per heavy atom. The van der Waals surface area contributed by atoms with Gasteiger partial charge in [0.2, 0.25) is 5.91 Å². The van der Waals surface area contributed by atoms with Crippen LogP contribution < -0.4 is 15.6 Å². The van der Waals surface area contributed by atoms with Gasteiger partial charge in [0.15, 0.2) is 0 Å². The van der Waals surface area contributed by atoms with Crippen LogP contribution in [0, 0.1) is 6.92 Å². The predicted octanol–water partition coefficient (Wildman–Crippen LogP) is -0.287. The highest BCUT2D eigenvalue weighted by Crippen LogP contribution is 2.03. The Kier molecular flexibility index (Phi) is 6.01. The van der Waals surface area contributed by atoms with E-state index in [2.05, 4.69) is 10.3 Å². The first-order chi connectivity index (χ1) is 9.08. The Balaban J connectivity index is 2.66. The van der Waals surface area contributed by atoms with Crippen molar-refractivity contribution >= 4 is 5.91 Å². The number of nitrogens with zero attached hydrogens (tertiary/aromatic N) is 2. The predicted molar refractivity (Wildman–Crippen MR) is 69.3 cm³/mol. The second-order valence-corrected chi connectivity index (χ2v) is 4.00. The maximum absolute atomic E-state index is 11.8. The van der Waals surface area contributed by atoms with Crippen molar-refractivity contribution in [3.05, 3.63) is 22.1 Å². The zero-order valence-corrected chi connectivity index (χ0v) is 11.4. The Bertz CT molecular complexity index is 484. The number of aromatic nitrogens is 2. The summed E-state index contributed by atoms with van der Waals surface area (Å²) in [6, 6.07) is 1.50. The van der Waals surface area contributed by atoms with E-state index in [0.29, 0.717) is 18.8 Å². The second-order valence-electron chi connectivity index (χ2n) is 4.00. The number of aryl methyl sites for hydroxylation is 1. The van der Waals surface area contributed by atoms with Gasteiger partial charge in [0, 0.05) is 32.0 Å². The highest BCUT2D eigenvalue weighted by Gasteiger charge is 2.11. The van der Waals surface area contributed by atoms with Crippen molar-refractivity contribution in [1.29, 1.82) is 0 Å². The molecular weight excluding hydrogens is 250 g/mol. The number of ether oxygens (including phenoxy) is 2. The van der Waals surface area contributed by atoms with Crippen molar-refractivity contribution < 1.29 is 14.3 Å². The molecule has 0 aliphatic rings. The van der Waals surface area contributed by atoms with Crippen LogP contribution in [-0.4, -0.2) is 42.8 Å². The minimum Gasteiger partial charge on any atom is -0.468 e. The van der Waals surface area contributed by atoms with Crippen molar-refractivity contribution in [2.75, 3.05) is 27.4 Å². The molecule has 0 atom stereocenters. The molecule has 1 aromatic rings. The van der Waals surface area contributed by atoms with Gasteiger partial charge < -0.3 is 14.8 Å². The van der Waals surface area contributed by atoms with E-state index < -0.39 is 0 Å². The molecule has 0 saturated heterocycles. The van der Waals surface area contributed by atoms with Crippen molar-refractivity contribution in [2.45, 2.75) is 19.9 Å². The third-order valence-electron chi connectivity index (χ3n) is 2.43. The van der Waals surface area contributed by atoms with Crippen molar-refractivity contribution in [1.82, 2.24) is 14.9 Å². The molecule has 0 spiro atoms. The first kappa shape index (κ1) is 15.2. The summed E-state index contributed by atoms with van der Waals surface area (Å²) in [6.07, 6.45) is 0.723. The normalized spacial score (nSPS) is 10.3. The highest BCUT2D eigenvalue weighted by molar-refractivity contribution is 5.75. The molecule has 1 rings (SSSR count). The van der Waals surface area contributed by atoms with E-state index in [1.165, 1.54) is 17.7 Å². The van der Waals surface area contributed by atoms with Crippen LogP contribution in [0.3, 0.4) is 0 Å². The molecule has 0 aliphatic heterocycles. The molecule has 0 bridgehead atoms. The molecule has 0 aliphatic carbocycles. The molecule has 0 saturated carbocycles. The van der Waals surface area contributed by atoms with Gasteiger partial charge in [-0.05, 0) is 13.3 Å². The summed E-state index contributed by atoms with van der Waals surface area (Å²) in [5.41, 5.74) is 0.245. The molecule has 0 aromatic carbocycles. The minimum absolute atomic E-state index is 0.109. The zero-order valence-electron chi connectivity index (χ0n) is 11.4. The summed E-state index contributed by atoms with van der Waals surface area (Å²) >= 11 is 0. The fourth-order valence-electron chi connectivity index (χ4n) is 1.54. The number of carbonyl (C=O) groups is 1. The monoisotopic (exact) mass is 269 g/mol. The zero-order chi connectivity index (χ0) is 14.3. The van der Waals surface area contributed by atoms with Crippen molar-refractivity contribution in [3.8, 4) is 6.01 Å². The van der Waals surface area contributed by atoms with Crippen LogP contribution >= 0.6 is 0 Å². The highest BCUT2D eigenvalue weighted by atomic mass is 16.5. The Labute approximate surface area is 111 Å². The largest absolute Gasteiger partial charge is 0.468 e. The molecule has 106 valence electrons. The van der Waals surface area contributed by atoms with E-state index in [9.17, 15) is 9.59 Å². The maximum atomic E-state index is 11.8.